The minimum atomic E-state index is -0.998. The third-order valence-corrected chi connectivity index (χ3v) is 4.68. The molecule has 0 radical (unpaired) electrons. The SMILES string of the molecule is CC1CN(C(=O)C(C)(N)c2ccc(Br)cc2)CCC1N. The molecule has 1 heterocycles. The fourth-order valence-corrected chi connectivity index (χ4v) is 2.86. The Kier molecular flexibility index (Phi) is 4.52. The number of rotatable bonds is 2. The average Bonchev–Trinajstić information content (AvgIpc) is 2.41. The van der Waals surface area contributed by atoms with E-state index < -0.39 is 5.54 Å². The second-order valence-electron chi connectivity index (χ2n) is 5.89. The zero-order chi connectivity index (χ0) is 14.9. The summed E-state index contributed by atoms with van der Waals surface area (Å²) in [6.45, 7) is 5.23. The van der Waals surface area contributed by atoms with Crippen LogP contribution >= 0.6 is 15.9 Å². The predicted octanol–water partition coefficient (Wildman–Crippen LogP) is 1.82. The van der Waals surface area contributed by atoms with Crippen LogP contribution in [0.2, 0.25) is 0 Å². The predicted molar refractivity (Wildman–Crippen MR) is 84.0 cm³/mol. The standard InChI is InChI=1S/C15H22BrN3O/c1-10-9-19(8-7-13(10)17)14(20)15(2,18)11-3-5-12(16)6-4-11/h3-6,10,13H,7-9,17-18H2,1-2H3. The number of hydrogen-bond acceptors (Lipinski definition) is 3. The smallest absolute Gasteiger partial charge is 0.246 e. The summed E-state index contributed by atoms with van der Waals surface area (Å²) in [4.78, 5) is 14.5. The molecule has 0 bridgehead atoms. The fourth-order valence-electron chi connectivity index (χ4n) is 2.60. The monoisotopic (exact) mass is 339 g/mol. The van der Waals surface area contributed by atoms with E-state index in [0.29, 0.717) is 19.0 Å². The number of carbonyl (C=O) groups excluding carboxylic acids is 1. The molecule has 1 amide bonds. The van der Waals surface area contributed by atoms with E-state index in [1.54, 1.807) is 6.92 Å². The van der Waals surface area contributed by atoms with Crippen LogP contribution in [0.3, 0.4) is 0 Å². The van der Waals surface area contributed by atoms with E-state index >= 15 is 0 Å². The van der Waals surface area contributed by atoms with E-state index in [9.17, 15) is 4.79 Å². The molecule has 3 unspecified atom stereocenters. The van der Waals surface area contributed by atoms with Crippen molar-refractivity contribution in [2.75, 3.05) is 13.1 Å². The van der Waals surface area contributed by atoms with Gasteiger partial charge in [0.05, 0.1) is 0 Å². The minimum Gasteiger partial charge on any atom is -0.340 e. The number of amides is 1. The zero-order valence-electron chi connectivity index (χ0n) is 12.0. The van der Waals surface area contributed by atoms with Gasteiger partial charge in [-0.25, -0.2) is 0 Å². The quantitative estimate of drug-likeness (QED) is 0.863. The minimum absolute atomic E-state index is 0.0291. The highest BCUT2D eigenvalue weighted by Gasteiger charge is 2.37. The molecular weight excluding hydrogens is 318 g/mol. The first kappa shape index (κ1) is 15.5. The van der Waals surface area contributed by atoms with Crippen LogP contribution in [0, 0.1) is 5.92 Å². The van der Waals surface area contributed by atoms with Crippen molar-refractivity contribution in [1.82, 2.24) is 4.90 Å². The summed E-state index contributed by atoms with van der Waals surface area (Å²) in [6, 6.07) is 7.77. The van der Waals surface area contributed by atoms with Crippen LogP contribution in [0.4, 0.5) is 0 Å². The van der Waals surface area contributed by atoms with Crippen molar-refractivity contribution < 1.29 is 4.79 Å². The Morgan fingerprint density at radius 2 is 2.00 bits per heavy atom. The van der Waals surface area contributed by atoms with Crippen LogP contribution in [0.5, 0.6) is 0 Å². The van der Waals surface area contributed by atoms with Crippen LogP contribution in [-0.4, -0.2) is 29.9 Å². The van der Waals surface area contributed by atoms with Gasteiger partial charge in [0.1, 0.15) is 5.54 Å². The molecule has 3 atom stereocenters. The van der Waals surface area contributed by atoms with E-state index in [4.69, 9.17) is 11.5 Å². The first-order valence-corrected chi connectivity index (χ1v) is 7.71. The lowest BCUT2D eigenvalue weighted by Crippen LogP contribution is -2.56. The first-order valence-electron chi connectivity index (χ1n) is 6.92. The molecule has 0 aromatic heterocycles. The van der Waals surface area contributed by atoms with Crippen molar-refractivity contribution in [1.29, 1.82) is 0 Å². The van der Waals surface area contributed by atoms with Crippen molar-refractivity contribution in [2.45, 2.75) is 31.8 Å². The van der Waals surface area contributed by atoms with Gasteiger partial charge in [0.2, 0.25) is 5.91 Å². The van der Waals surface area contributed by atoms with Crippen molar-refractivity contribution in [3.8, 4) is 0 Å². The molecule has 4 N–H and O–H groups in total. The highest BCUT2D eigenvalue weighted by atomic mass is 79.9. The molecule has 1 aliphatic heterocycles. The van der Waals surface area contributed by atoms with Crippen molar-refractivity contribution in [2.24, 2.45) is 17.4 Å². The van der Waals surface area contributed by atoms with E-state index in [2.05, 4.69) is 22.9 Å². The summed E-state index contributed by atoms with van der Waals surface area (Å²) in [5, 5.41) is 0. The van der Waals surface area contributed by atoms with E-state index in [-0.39, 0.29) is 11.9 Å². The molecule has 20 heavy (non-hydrogen) atoms. The topological polar surface area (TPSA) is 72.3 Å². The lowest BCUT2D eigenvalue weighted by atomic mass is 9.88. The third kappa shape index (κ3) is 3.05. The van der Waals surface area contributed by atoms with Gasteiger partial charge >= 0.3 is 0 Å². The van der Waals surface area contributed by atoms with Crippen molar-refractivity contribution in [3.05, 3.63) is 34.3 Å². The molecular formula is C15H22BrN3O. The van der Waals surface area contributed by atoms with Gasteiger partial charge < -0.3 is 16.4 Å². The number of hydrogen-bond donors (Lipinski definition) is 2. The summed E-state index contributed by atoms with van der Waals surface area (Å²) in [6.07, 6.45) is 0.837. The Hall–Kier alpha value is -0.910. The average molecular weight is 340 g/mol. The normalized spacial score (nSPS) is 26.1. The van der Waals surface area contributed by atoms with Crippen LogP contribution in [-0.2, 0) is 10.3 Å². The number of halogens is 1. The number of likely N-dealkylation sites (tertiary alicyclic amines) is 1. The van der Waals surface area contributed by atoms with E-state index in [1.165, 1.54) is 0 Å². The van der Waals surface area contributed by atoms with Gasteiger partial charge in [-0.2, -0.15) is 0 Å². The molecule has 2 rings (SSSR count). The third-order valence-electron chi connectivity index (χ3n) is 4.15. The molecule has 1 saturated heterocycles. The largest absolute Gasteiger partial charge is 0.340 e. The van der Waals surface area contributed by atoms with Gasteiger partial charge in [-0.05, 0) is 37.0 Å². The van der Waals surface area contributed by atoms with Crippen molar-refractivity contribution >= 4 is 21.8 Å². The van der Waals surface area contributed by atoms with Crippen LogP contribution in [0.1, 0.15) is 25.8 Å². The maximum absolute atomic E-state index is 12.7. The van der Waals surface area contributed by atoms with E-state index in [1.807, 2.05) is 29.2 Å². The number of nitrogens with zero attached hydrogens (tertiary/aromatic N) is 1. The summed E-state index contributed by atoms with van der Waals surface area (Å²) < 4.78 is 0.974. The number of carbonyl (C=O) groups is 1. The summed E-state index contributed by atoms with van der Waals surface area (Å²) in [7, 11) is 0. The second-order valence-corrected chi connectivity index (χ2v) is 6.81. The highest BCUT2D eigenvalue weighted by molar-refractivity contribution is 9.10. The van der Waals surface area contributed by atoms with Gasteiger partial charge in [-0.3, -0.25) is 4.79 Å². The Labute approximate surface area is 128 Å². The number of piperidine rings is 1. The molecule has 110 valence electrons. The number of nitrogens with two attached hydrogens (primary N) is 2. The van der Waals surface area contributed by atoms with Crippen LogP contribution in [0.15, 0.2) is 28.7 Å². The van der Waals surface area contributed by atoms with Gasteiger partial charge in [-0.1, -0.05) is 35.0 Å². The Bertz CT molecular complexity index is 486. The van der Waals surface area contributed by atoms with Gasteiger partial charge in [0, 0.05) is 23.6 Å². The Balaban J connectivity index is 2.16. The molecule has 1 aliphatic rings. The molecule has 1 aromatic rings. The number of benzene rings is 1. The summed E-state index contributed by atoms with van der Waals surface area (Å²) >= 11 is 3.39. The zero-order valence-corrected chi connectivity index (χ0v) is 13.6. The lowest BCUT2D eigenvalue weighted by molar-refractivity contribution is -0.138. The van der Waals surface area contributed by atoms with E-state index in [0.717, 1.165) is 16.5 Å². The Morgan fingerprint density at radius 3 is 2.55 bits per heavy atom. The molecule has 0 saturated carbocycles. The van der Waals surface area contributed by atoms with Crippen LogP contribution in [0.25, 0.3) is 0 Å². The maximum Gasteiger partial charge on any atom is 0.246 e. The fraction of sp³-hybridized carbons (Fsp3) is 0.533. The molecule has 5 heteroatoms. The summed E-state index contributed by atoms with van der Waals surface area (Å²) in [5.41, 5.74) is 12.1. The molecule has 4 nitrogen and oxygen atoms in total. The Morgan fingerprint density at radius 1 is 1.40 bits per heavy atom. The second kappa shape index (κ2) is 5.84. The van der Waals surface area contributed by atoms with Gasteiger partial charge in [-0.15, -0.1) is 0 Å². The van der Waals surface area contributed by atoms with Crippen LogP contribution < -0.4 is 11.5 Å². The highest BCUT2D eigenvalue weighted by Crippen LogP contribution is 2.25. The van der Waals surface area contributed by atoms with Gasteiger partial charge in [0.25, 0.3) is 0 Å². The summed E-state index contributed by atoms with van der Waals surface area (Å²) in [5.74, 6) is 0.284. The van der Waals surface area contributed by atoms with Gasteiger partial charge in [0.15, 0.2) is 0 Å². The molecule has 1 fully saturated rings. The maximum atomic E-state index is 12.7. The molecule has 1 aromatic carbocycles. The van der Waals surface area contributed by atoms with Crippen molar-refractivity contribution in [3.63, 3.8) is 0 Å². The molecule has 0 aliphatic carbocycles. The first-order chi connectivity index (χ1) is 9.32. The lowest BCUT2D eigenvalue weighted by Gasteiger charge is -2.39. The molecule has 0 spiro atoms.